The smallest absolute Gasteiger partial charge is 0.247 e. The summed E-state index contributed by atoms with van der Waals surface area (Å²) in [5.41, 5.74) is 0. The molecule has 1 saturated heterocycles. The van der Waals surface area contributed by atoms with Gasteiger partial charge in [-0.25, -0.2) is 8.42 Å². The minimum absolute atomic E-state index is 0. The van der Waals surface area contributed by atoms with E-state index in [1.54, 1.807) is 24.3 Å². The van der Waals surface area contributed by atoms with E-state index >= 15 is 0 Å². The molecule has 2 rings (SSSR count). The van der Waals surface area contributed by atoms with E-state index in [9.17, 15) is 8.42 Å². The fourth-order valence-electron chi connectivity index (χ4n) is 2.14. The molecule has 1 fully saturated rings. The highest BCUT2D eigenvalue weighted by Gasteiger charge is 2.32. The topological polar surface area (TPSA) is 58.6 Å². The van der Waals surface area contributed by atoms with Crippen LogP contribution in [0.3, 0.4) is 0 Å². The third-order valence-electron chi connectivity index (χ3n) is 3.10. The molecule has 0 radical (unpaired) electrons. The van der Waals surface area contributed by atoms with Crippen molar-refractivity contribution in [3.8, 4) is 5.75 Å². The van der Waals surface area contributed by atoms with E-state index in [1.165, 1.54) is 11.4 Å². The summed E-state index contributed by atoms with van der Waals surface area (Å²) in [7, 11) is -2.00. The zero-order valence-electron chi connectivity index (χ0n) is 11.0. The summed E-state index contributed by atoms with van der Waals surface area (Å²) < 4.78 is 31.9. The van der Waals surface area contributed by atoms with Gasteiger partial charge in [-0.3, -0.25) is 0 Å². The van der Waals surface area contributed by atoms with Crippen molar-refractivity contribution in [3.63, 3.8) is 0 Å². The summed E-state index contributed by atoms with van der Waals surface area (Å²) in [6, 6.07) is 6.68. The molecule has 5 nitrogen and oxygen atoms in total. The van der Waals surface area contributed by atoms with Gasteiger partial charge >= 0.3 is 0 Å². The van der Waals surface area contributed by atoms with E-state index < -0.39 is 10.0 Å². The first kappa shape index (κ1) is 16.2. The van der Waals surface area contributed by atoms with Crippen LogP contribution in [0.5, 0.6) is 5.75 Å². The lowest BCUT2D eigenvalue weighted by molar-refractivity contribution is 0.282. The molecule has 0 spiro atoms. The monoisotopic (exact) mass is 306 g/mol. The average Bonchev–Trinajstić information content (AvgIpc) is 2.39. The van der Waals surface area contributed by atoms with E-state index in [-0.39, 0.29) is 23.3 Å². The summed E-state index contributed by atoms with van der Waals surface area (Å²) in [5, 5.41) is 3.18. The Kier molecular flexibility index (Phi) is 5.61. The van der Waals surface area contributed by atoms with Crippen LogP contribution in [0.25, 0.3) is 0 Å². The molecule has 0 saturated carbocycles. The Hall–Kier alpha value is -0.820. The Bertz CT molecular complexity index is 521. The molecule has 0 unspecified atom stereocenters. The number of rotatable bonds is 3. The number of benzene rings is 1. The molecule has 7 heteroatoms. The van der Waals surface area contributed by atoms with Crippen molar-refractivity contribution < 1.29 is 13.2 Å². The summed E-state index contributed by atoms with van der Waals surface area (Å²) in [6.07, 6.45) is 0. The molecule has 1 aromatic carbocycles. The van der Waals surface area contributed by atoms with Crippen LogP contribution in [0.4, 0.5) is 0 Å². The number of ether oxygens (including phenoxy) is 1. The van der Waals surface area contributed by atoms with E-state index in [4.69, 9.17) is 4.74 Å². The van der Waals surface area contributed by atoms with Crippen LogP contribution in [0.2, 0.25) is 0 Å². The van der Waals surface area contributed by atoms with Gasteiger partial charge in [0.05, 0.1) is 7.11 Å². The normalized spacial score (nSPS) is 20.6. The molecule has 108 valence electrons. The number of hydrogen-bond acceptors (Lipinski definition) is 4. The zero-order valence-corrected chi connectivity index (χ0v) is 12.6. The largest absolute Gasteiger partial charge is 0.495 e. The van der Waals surface area contributed by atoms with Gasteiger partial charge in [0, 0.05) is 25.7 Å². The van der Waals surface area contributed by atoms with Crippen molar-refractivity contribution in [1.29, 1.82) is 0 Å². The summed E-state index contributed by atoms with van der Waals surface area (Å²) in [6.45, 7) is 3.74. The lowest BCUT2D eigenvalue weighted by Gasteiger charge is -2.33. The Morgan fingerprint density at radius 3 is 2.68 bits per heavy atom. The summed E-state index contributed by atoms with van der Waals surface area (Å²) in [5.74, 6) is 0.392. The molecule has 1 heterocycles. The number of nitrogens with one attached hydrogen (secondary N) is 1. The highest BCUT2D eigenvalue weighted by atomic mass is 35.5. The molecule has 19 heavy (non-hydrogen) atoms. The van der Waals surface area contributed by atoms with Crippen molar-refractivity contribution in [2.24, 2.45) is 0 Å². The van der Waals surface area contributed by atoms with Gasteiger partial charge in [-0.15, -0.1) is 12.4 Å². The second-order valence-electron chi connectivity index (χ2n) is 4.32. The first-order valence-electron chi connectivity index (χ1n) is 5.93. The number of sulfonamides is 1. The standard InChI is InChI=1S/C12H18N2O3S.ClH/c1-10-9-13-7-8-14(10)18(15,16)12-6-4-3-5-11(12)17-2;/h3-6,10,13H,7-9H2,1-2H3;1H/t10-;/m1./s1. The van der Waals surface area contributed by atoms with Crippen molar-refractivity contribution in [2.45, 2.75) is 17.9 Å². The van der Waals surface area contributed by atoms with Crippen LogP contribution in [0, 0.1) is 0 Å². The Labute approximate surface area is 120 Å². The Balaban J connectivity index is 0.00000180. The van der Waals surface area contributed by atoms with Crippen molar-refractivity contribution in [2.75, 3.05) is 26.7 Å². The fourth-order valence-corrected chi connectivity index (χ4v) is 3.93. The Morgan fingerprint density at radius 1 is 1.37 bits per heavy atom. The van der Waals surface area contributed by atoms with Gasteiger partial charge in [0.15, 0.2) is 0 Å². The van der Waals surface area contributed by atoms with E-state index in [0.29, 0.717) is 25.4 Å². The SMILES string of the molecule is COc1ccccc1S(=O)(=O)N1CCNC[C@H]1C.Cl. The van der Waals surface area contributed by atoms with Gasteiger partial charge in [0.2, 0.25) is 10.0 Å². The lowest BCUT2D eigenvalue weighted by atomic mass is 10.3. The van der Waals surface area contributed by atoms with Crippen LogP contribution in [-0.2, 0) is 10.0 Å². The fraction of sp³-hybridized carbons (Fsp3) is 0.500. The number of halogens is 1. The molecule has 0 aromatic heterocycles. The van der Waals surface area contributed by atoms with Crippen LogP contribution < -0.4 is 10.1 Å². The number of para-hydroxylation sites is 1. The van der Waals surface area contributed by atoms with Crippen molar-refractivity contribution >= 4 is 22.4 Å². The quantitative estimate of drug-likeness (QED) is 0.908. The lowest BCUT2D eigenvalue weighted by Crippen LogP contribution is -2.52. The molecule has 1 N–H and O–H groups in total. The van der Waals surface area contributed by atoms with Gasteiger partial charge in [-0.2, -0.15) is 4.31 Å². The average molecular weight is 307 g/mol. The van der Waals surface area contributed by atoms with Crippen LogP contribution >= 0.6 is 12.4 Å². The maximum absolute atomic E-state index is 12.6. The second-order valence-corrected chi connectivity index (χ2v) is 6.18. The predicted molar refractivity (Wildman–Crippen MR) is 76.5 cm³/mol. The van der Waals surface area contributed by atoms with Crippen LogP contribution in [0.1, 0.15) is 6.92 Å². The Morgan fingerprint density at radius 2 is 2.05 bits per heavy atom. The number of methoxy groups -OCH3 is 1. The minimum Gasteiger partial charge on any atom is -0.495 e. The third kappa shape index (κ3) is 3.20. The third-order valence-corrected chi connectivity index (χ3v) is 5.15. The minimum atomic E-state index is -3.49. The van der Waals surface area contributed by atoms with Crippen LogP contribution in [0.15, 0.2) is 29.2 Å². The first-order chi connectivity index (χ1) is 8.57. The van der Waals surface area contributed by atoms with E-state index in [0.717, 1.165) is 0 Å². The molecule has 1 aromatic rings. The predicted octanol–water partition coefficient (Wildman–Crippen LogP) is 1.10. The second kappa shape index (κ2) is 6.56. The van der Waals surface area contributed by atoms with Gasteiger partial charge in [-0.1, -0.05) is 12.1 Å². The van der Waals surface area contributed by atoms with E-state index in [1.807, 2.05) is 6.92 Å². The molecule has 1 atom stereocenters. The van der Waals surface area contributed by atoms with Crippen molar-refractivity contribution in [1.82, 2.24) is 9.62 Å². The summed E-state index contributed by atoms with van der Waals surface area (Å²) in [4.78, 5) is 0.237. The first-order valence-corrected chi connectivity index (χ1v) is 7.37. The van der Waals surface area contributed by atoms with Gasteiger partial charge in [0.1, 0.15) is 10.6 Å². The van der Waals surface area contributed by atoms with Crippen molar-refractivity contribution in [3.05, 3.63) is 24.3 Å². The highest BCUT2D eigenvalue weighted by molar-refractivity contribution is 7.89. The van der Waals surface area contributed by atoms with Crippen LogP contribution in [-0.4, -0.2) is 45.5 Å². The molecule has 0 bridgehead atoms. The number of nitrogens with zero attached hydrogens (tertiary/aromatic N) is 1. The maximum Gasteiger partial charge on any atom is 0.247 e. The number of piperazine rings is 1. The van der Waals surface area contributed by atoms with Gasteiger partial charge in [-0.05, 0) is 19.1 Å². The molecule has 1 aliphatic heterocycles. The van der Waals surface area contributed by atoms with E-state index in [2.05, 4.69) is 5.32 Å². The molecular weight excluding hydrogens is 288 g/mol. The zero-order chi connectivity index (χ0) is 13.2. The molecule has 0 aliphatic carbocycles. The van der Waals surface area contributed by atoms with Gasteiger partial charge in [0.25, 0.3) is 0 Å². The highest BCUT2D eigenvalue weighted by Crippen LogP contribution is 2.27. The summed E-state index contributed by atoms with van der Waals surface area (Å²) >= 11 is 0. The molecule has 1 aliphatic rings. The molecule has 0 amide bonds. The molecular formula is C12H19ClN2O3S. The number of hydrogen-bond donors (Lipinski definition) is 1. The maximum atomic E-state index is 12.6. The van der Waals surface area contributed by atoms with Gasteiger partial charge < -0.3 is 10.1 Å².